The van der Waals surface area contributed by atoms with Gasteiger partial charge in [0.25, 0.3) is 0 Å². The number of ether oxygens (including phenoxy) is 1. The number of methoxy groups -OCH3 is 1. The van der Waals surface area contributed by atoms with Gasteiger partial charge in [-0.05, 0) is 47.9 Å². The van der Waals surface area contributed by atoms with Gasteiger partial charge < -0.3 is 10.1 Å². The van der Waals surface area contributed by atoms with E-state index in [9.17, 15) is 4.79 Å². The van der Waals surface area contributed by atoms with Crippen molar-refractivity contribution in [3.63, 3.8) is 0 Å². The molecule has 1 N–H and O–H groups in total. The van der Waals surface area contributed by atoms with Gasteiger partial charge in [0.05, 0.1) is 7.11 Å². The second kappa shape index (κ2) is 9.68. The van der Waals surface area contributed by atoms with E-state index in [0.29, 0.717) is 19.0 Å². The Balaban J connectivity index is 2.12. The van der Waals surface area contributed by atoms with Crippen LogP contribution in [-0.4, -0.2) is 25.6 Å². The maximum atomic E-state index is 12.7. The van der Waals surface area contributed by atoms with E-state index >= 15 is 0 Å². The number of benzene rings is 2. The van der Waals surface area contributed by atoms with Gasteiger partial charge in [0.2, 0.25) is 0 Å². The molecule has 2 rings (SSSR count). The van der Waals surface area contributed by atoms with E-state index in [4.69, 9.17) is 16.3 Å². The van der Waals surface area contributed by atoms with Crippen LogP contribution in [0.15, 0.2) is 46.9 Å². The Hall–Kier alpha value is -1.72. The normalized spacial score (nSPS) is 10.4. The van der Waals surface area contributed by atoms with Crippen molar-refractivity contribution in [2.45, 2.75) is 19.9 Å². The van der Waals surface area contributed by atoms with Crippen molar-refractivity contribution in [3.05, 3.63) is 58.1 Å². The molecule has 0 fully saturated rings. The Morgan fingerprint density at radius 2 is 2.08 bits per heavy atom. The first kappa shape index (κ1) is 19.6. The van der Waals surface area contributed by atoms with E-state index in [0.717, 1.165) is 33.5 Å². The second-order valence-electron chi connectivity index (χ2n) is 5.48. The Bertz CT molecular complexity index is 724. The van der Waals surface area contributed by atoms with Crippen LogP contribution in [0.3, 0.4) is 0 Å². The summed E-state index contributed by atoms with van der Waals surface area (Å²) in [4.78, 5) is 14.3. The predicted octanol–water partition coefficient (Wildman–Crippen LogP) is 4.98. The van der Waals surface area contributed by atoms with Crippen molar-refractivity contribution in [2.75, 3.05) is 24.4 Å². The highest BCUT2D eigenvalue weighted by molar-refractivity contribution is 9.10. The maximum Gasteiger partial charge on any atom is 0.322 e. The summed E-state index contributed by atoms with van der Waals surface area (Å²) < 4.78 is 6.25. The number of halogens is 2. The summed E-state index contributed by atoms with van der Waals surface area (Å²) in [5.74, 6) is 1.13. The summed E-state index contributed by atoms with van der Waals surface area (Å²) in [5.41, 5.74) is 2.96. The number of carbonyl (C=O) groups excluding carboxylic acids is 1. The van der Waals surface area contributed by atoms with E-state index in [1.54, 1.807) is 12.0 Å². The van der Waals surface area contributed by atoms with Crippen LogP contribution in [0.1, 0.15) is 18.1 Å². The smallest absolute Gasteiger partial charge is 0.322 e. The van der Waals surface area contributed by atoms with Crippen LogP contribution in [0.5, 0.6) is 5.75 Å². The molecular weight excluding hydrogens is 404 g/mol. The predicted molar refractivity (Wildman–Crippen MR) is 107 cm³/mol. The quantitative estimate of drug-likeness (QED) is 0.636. The Morgan fingerprint density at radius 1 is 1.28 bits per heavy atom. The number of anilines is 1. The summed E-state index contributed by atoms with van der Waals surface area (Å²) in [5, 5.41) is 2.95. The van der Waals surface area contributed by atoms with Crippen molar-refractivity contribution in [2.24, 2.45) is 0 Å². The lowest BCUT2D eigenvalue weighted by atomic mass is 10.1. The molecule has 0 saturated heterocycles. The van der Waals surface area contributed by atoms with Crippen LogP contribution in [0.25, 0.3) is 0 Å². The first-order chi connectivity index (χ1) is 12.1. The van der Waals surface area contributed by atoms with E-state index in [2.05, 4.69) is 28.2 Å². The third kappa shape index (κ3) is 5.38. The molecule has 0 atom stereocenters. The van der Waals surface area contributed by atoms with Gasteiger partial charge in [-0.25, -0.2) is 4.79 Å². The third-order valence-electron chi connectivity index (χ3n) is 3.85. The number of nitrogens with one attached hydrogen (secondary N) is 1. The number of nitrogens with zero attached hydrogens (tertiary/aromatic N) is 1. The molecule has 0 aliphatic heterocycles. The van der Waals surface area contributed by atoms with Gasteiger partial charge in [0, 0.05) is 29.1 Å². The fourth-order valence-electron chi connectivity index (χ4n) is 2.49. The Labute approximate surface area is 162 Å². The summed E-state index contributed by atoms with van der Waals surface area (Å²) in [7, 11) is 1.62. The molecular formula is C19H22BrClN2O2. The SMILES string of the molecule is CCc1cc(N(CCCl)C(=O)NCc2cccc(OC)c2)ccc1Br. The van der Waals surface area contributed by atoms with Gasteiger partial charge >= 0.3 is 6.03 Å². The number of hydrogen-bond donors (Lipinski definition) is 1. The monoisotopic (exact) mass is 424 g/mol. The molecule has 0 radical (unpaired) electrons. The van der Waals surface area contributed by atoms with E-state index in [1.807, 2.05) is 42.5 Å². The van der Waals surface area contributed by atoms with Crippen molar-refractivity contribution in [1.82, 2.24) is 5.32 Å². The fraction of sp³-hybridized carbons (Fsp3) is 0.316. The highest BCUT2D eigenvalue weighted by Gasteiger charge is 2.16. The fourth-order valence-corrected chi connectivity index (χ4v) is 3.18. The van der Waals surface area contributed by atoms with Gasteiger partial charge in [0.1, 0.15) is 5.75 Å². The molecule has 0 spiro atoms. The average Bonchev–Trinajstić information content (AvgIpc) is 2.65. The number of urea groups is 1. The van der Waals surface area contributed by atoms with E-state index in [1.165, 1.54) is 0 Å². The Kier molecular flexibility index (Phi) is 7.59. The molecule has 0 aliphatic rings. The lowest BCUT2D eigenvalue weighted by Gasteiger charge is -2.23. The van der Waals surface area contributed by atoms with Gasteiger partial charge in [-0.2, -0.15) is 0 Å². The highest BCUT2D eigenvalue weighted by Crippen LogP contribution is 2.24. The van der Waals surface area contributed by atoms with Crippen molar-refractivity contribution in [1.29, 1.82) is 0 Å². The maximum absolute atomic E-state index is 12.7. The molecule has 0 aliphatic carbocycles. The summed E-state index contributed by atoms with van der Waals surface area (Å²) in [6.45, 7) is 2.95. The number of aryl methyl sites for hydroxylation is 1. The molecule has 134 valence electrons. The number of rotatable bonds is 7. The third-order valence-corrected chi connectivity index (χ3v) is 4.80. The van der Waals surface area contributed by atoms with E-state index < -0.39 is 0 Å². The summed E-state index contributed by atoms with van der Waals surface area (Å²) in [6.07, 6.45) is 0.883. The molecule has 0 unspecified atom stereocenters. The van der Waals surface area contributed by atoms with Crippen LogP contribution in [0.2, 0.25) is 0 Å². The largest absolute Gasteiger partial charge is 0.497 e. The van der Waals surface area contributed by atoms with E-state index in [-0.39, 0.29) is 6.03 Å². The molecule has 4 nitrogen and oxygen atoms in total. The van der Waals surface area contributed by atoms with Gasteiger partial charge in [0.15, 0.2) is 0 Å². The Morgan fingerprint density at radius 3 is 2.76 bits per heavy atom. The summed E-state index contributed by atoms with van der Waals surface area (Å²) in [6, 6.07) is 13.4. The molecule has 0 aromatic heterocycles. The second-order valence-corrected chi connectivity index (χ2v) is 6.71. The summed E-state index contributed by atoms with van der Waals surface area (Å²) >= 11 is 9.44. The standard InChI is InChI=1S/C19H22BrClN2O2/c1-3-15-12-16(7-8-18(15)20)23(10-9-21)19(24)22-13-14-5-4-6-17(11-14)25-2/h4-8,11-12H,3,9-10,13H2,1-2H3,(H,22,24). The van der Waals surface area contributed by atoms with Crippen LogP contribution in [-0.2, 0) is 13.0 Å². The zero-order chi connectivity index (χ0) is 18.2. The molecule has 0 bridgehead atoms. The van der Waals surface area contributed by atoms with Gasteiger partial charge in [-0.1, -0.05) is 35.0 Å². The van der Waals surface area contributed by atoms with Crippen LogP contribution in [0.4, 0.5) is 10.5 Å². The van der Waals surface area contributed by atoms with Gasteiger partial charge in [-0.3, -0.25) is 4.90 Å². The minimum Gasteiger partial charge on any atom is -0.497 e. The van der Waals surface area contributed by atoms with Crippen LogP contribution in [0, 0.1) is 0 Å². The molecule has 0 heterocycles. The zero-order valence-electron chi connectivity index (χ0n) is 14.4. The van der Waals surface area contributed by atoms with Crippen molar-refractivity contribution < 1.29 is 9.53 Å². The molecule has 0 saturated carbocycles. The average molecular weight is 426 g/mol. The number of hydrogen-bond acceptors (Lipinski definition) is 2. The molecule has 2 aromatic rings. The molecule has 6 heteroatoms. The lowest BCUT2D eigenvalue weighted by Crippen LogP contribution is -2.41. The topological polar surface area (TPSA) is 41.6 Å². The number of amides is 2. The molecule has 2 aromatic carbocycles. The van der Waals surface area contributed by atoms with Crippen molar-refractivity contribution >= 4 is 39.2 Å². The minimum atomic E-state index is -0.173. The molecule has 25 heavy (non-hydrogen) atoms. The van der Waals surface area contributed by atoms with Crippen LogP contribution >= 0.6 is 27.5 Å². The van der Waals surface area contributed by atoms with Crippen molar-refractivity contribution in [3.8, 4) is 5.75 Å². The number of carbonyl (C=O) groups is 1. The van der Waals surface area contributed by atoms with Crippen LogP contribution < -0.4 is 15.0 Å². The zero-order valence-corrected chi connectivity index (χ0v) is 16.7. The number of alkyl halides is 1. The van der Waals surface area contributed by atoms with Gasteiger partial charge in [-0.15, -0.1) is 11.6 Å². The molecule has 2 amide bonds. The minimum absolute atomic E-state index is 0.173. The first-order valence-electron chi connectivity index (χ1n) is 8.11. The lowest BCUT2D eigenvalue weighted by molar-refractivity contribution is 0.246. The first-order valence-corrected chi connectivity index (χ1v) is 9.44. The highest BCUT2D eigenvalue weighted by atomic mass is 79.9.